The minimum atomic E-state index is 0.507. The summed E-state index contributed by atoms with van der Waals surface area (Å²) >= 11 is 1.87. The molecule has 0 amide bonds. The number of thiophene rings is 1. The molecule has 11 rings (SSSR count). The Morgan fingerprint density at radius 1 is 0.508 bits per heavy atom. The normalized spacial score (nSPS) is 19.6. The van der Waals surface area contributed by atoms with Crippen LogP contribution in [0, 0.1) is 23.7 Å². The van der Waals surface area contributed by atoms with E-state index >= 15 is 0 Å². The first kappa shape index (κ1) is 39.4. The molecule has 0 radical (unpaired) electrons. The lowest BCUT2D eigenvalue weighted by Crippen LogP contribution is -2.37. The molecule has 5 atom stereocenters. The second kappa shape index (κ2) is 17.0. The Morgan fingerprint density at radius 3 is 1.79 bits per heavy atom. The molecule has 0 spiro atoms. The highest BCUT2D eigenvalue weighted by Gasteiger charge is 2.43. The summed E-state index contributed by atoms with van der Waals surface area (Å²) in [7, 11) is 0. The summed E-state index contributed by atoms with van der Waals surface area (Å²) in [4.78, 5) is 2.40. The van der Waals surface area contributed by atoms with Crippen molar-refractivity contribution in [2.24, 2.45) is 23.7 Å². The molecule has 0 aliphatic heterocycles. The van der Waals surface area contributed by atoms with E-state index in [1.807, 2.05) is 11.3 Å². The van der Waals surface area contributed by atoms with Gasteiger partial charge in [0.05, 0.1) is 0 Å². The fraction of sp³-hybridized carbons (Fsp3) is 0.200. The average Bonchev–Trinajstić information content (AvgIpc) is 3.72. The van der Waals surface area contributed by atoms with E-state index in [9.17, 15) is 0 Å². The number of rotatable bonds is 10. The Bertz CT molecular complexity index is 2990. The van der Waals surface area contributed by atoms with Gasteiger partial charge in [-0.25, -0.2) is 0 Å². The van der Waals surface area contributed by atoms with E-state index in [0.717, 1.165) is 40.4 Å². The van der Waals surface area contributed by atoms with Gasteiger partial charge in [-0.1, -0.05) is 154 Å². The van der Waals surface area contributed by atoms with E-state index in [-0.39, 0.29) is 0 Å². The number of nitrogens with zero attached hydrogens (tertiary/aromatic N) is 1. The third-order valence-corrected chi connectivity index (χ3v) is 15.3. The Morgan fingerprint density at radius 2 is 1.08 bits per heavy atom. The summed E-state index contributed by atoms with van der Waals surface area (Å²) in [5.74, 6) is 5.34. The number of ether oxygens (including phenoxy) is 1. The number of fused-ring (bicyclic) bond motifs is 5. The molecule has 3 unspecified atom stereocenters. The second-order valence-corrected chi connectivity index (χ2v) is 19.2. The van der Waals surface area contributed by atoms with Crippen molar-refractivity contribution in [1.29, 1.82) is 0 Å². The highest BCUT2D eigenvalue weighted by atomic mass is 32.1. The monoisotopic (exact) mass is 835 g/mol. The molecule has 3 heteroatoms. The molecule has 2 nitrogen and oxygen atoms in total. The summed E-state index contributed by atoms with van der Waals surface area (Å²) in [5.41, 5.74) is 12.0. The minimum absolute atomic E-state index is 0.507. The van der Waals surface area contributed by atoms with E-state index in [4.69, 9.17) is 4.74 Å². The SMILES string of the molecule is CCC1C[C@H]2CC(C)C[C@@H](C1)C2c1ccc(N(c2ccc(-c3ccccc3)cc2)c2ccc(-c3ccccc3-c3cccc4sc5ccccc5c34)cc2)cc1Oc1ccccc1. The third-order valence-electron chi connectivity index (χ3n) is 14.1. The van der Waals surface area contributed by atoms with Gasteiger partial charge >= 0.3 is 0 Å². The van der Waals surface area contributed by atoms with Crippen LogP contribution < -0.4 is 9.64 Å². The van der Waals surface area contributed by atoms with Crippen LogP contribution in [0.15, 0.2) is 194 Å². The van der Waals surface area contributed by atoms with Gasteiger partial charge in [0, 0.05) is 43.3 Å². The average molecular weight is 836 g/mol. The Labute approximate surface area is 376 Å². The zero-order valence-corrected chi connectivity index (χ0v) is 37.0. The first-order valence-electron chi connectivity index (χ1n) is 23.0. The largest absolute Gasteiger partial charge is 0.457 e. The molecule has 2 bridgehead atoms. The van der Waals surface area contributed by atoms with Gasteiger partial charge in [-0.2, -0.15) is 0 Å². The highest BCUT2D eigenvalue weighted by molar-refractivity contribution is 7.25. The van der Waals surface area contributed by atoms with Gasteiger partial charge in [-0.3, -0.25) is 0 Å². The van der Waals surface area contributed by atoms with Crippen LogP contribution in [0.1, 0.15) is 57.4 Å². The van der Waals surface area contributed by atoms with Gasteiger partial charge < -0.3 is 9.64 Å². The Balaban J connectivity index is 1.02. The maximum absolute atomic E-state index is 7.01. The fourth-order valence-corrected chi connectivity index (χ4v) is 12.5. The van der Waals surface area contributed by atoms with Crippen LogP contribution in [-0.4, -0.2) is 0 Å². The number of hydrogen-bond donors (Lipinski definition) is 0. The zero-order chi connectivity index (χ0) is 42.3. The van der Waals surface area contributed by atoms with Crippen LogP contribution in [0.3, 0.4) is 0 Å². The molecular weight excluding hydrogens is 783 g/mol. The van der Waals surface area contributed by atoms with Gasteiger partial charge in [-0.05, 0) is 149 Å². The third kappa shape index (κ3) is 7.63. The van der Waals surface area contributed by atoms with Crippen molar-refractivity contribution in [1.82, 2.24) is 0 Å². The van der Waals surface area contributed by atoms with Crippen LogP contribution >= 0.6 is 11.3 Å². The number of benzene rings is 8. The van der Waals surface area contributed by atoms with Crippen molar-refractivity contribution in [2.75, 3.05) is 4.90 Å². The molecule has 2 aliphatic carbocycles. The maximum Gasteiger partial charge on any atom is 0.133 e. The summed E-state index contributed by atoms with van der Waals surface area (Å²) in [6.45, 7) is 4.87. The van der Waals surface area contributed by atoms with Gasteiger partial charge in [0.1, 0.15) is 11.5 Å². The van der Waals surface area contributed by atoms with E-state index in [1.165, 1.54) is 91.2 Å². The molecule has 0 N–H and O–H groups in total. The molecule has 0 saturated heterocycles. The first-order valence-corrected chi connectivity index (χ1v) is 23.8. The van der Waals surface area contributed by atoms with Crippen molar-refractivity contribution < 1.29 is 4.74 Å². The van der Waals surface area contributed by atoms with Gasteiger partial charge in [0.15, 0.2) is 0 Å². The lowest BCUT2D eigenvalue weighted by Gasteiger charge is -2.48. The highest BCUT2D eigenvalue weighted by Crippen LogP contribution is 2.56. The van der Waals surface area contributed by atoms with E-state index < -0.39 is 0 Å². The summed E-state index contributed by atoms with van der Waals surface area (Å²) < 4.78 is 9.65. The number of para-hydroxylation sites is 1. The van der Waals surface area contributed by atoms with E-state index in [0.29, 0.717) is 17.8 Å². The van der Waals surface area contributed by atoms with Gasteiger partial charge in [0.2, 0.25) is 0 Å². The minimum Gasteiger partial charge on any atom is -0.457 e. The molecule has 63 heavy (non-hydrogen) atoms. The van der Waals surface area contributed by atoms with Gasteiger partial charge in [0.25, 0.3) is 0 Å². The lowest BCUT2D eigenvalue weighted by atomic mass is 9.57. The molecule has 2 aliphatic rings. The topological polar surface area (TPSA) is 12.5 Å². The maximum atomic E-state index is 7.01. The smallest absolute Gasteiger partial charge is 0.133 e. The van der Waals surface area contributed by atoms with Crippen LogP contribution in [0.2, 0.25) is 0 Å². The molecule has 2 fully saturated rings. The molecule has 1 heterocycles. The summed E-state index contributed by atoms with van der Waals surface area (Å²) in [6.07, 6.45) is 6.54. The van der Waals surface area contributed by atoms with E-state index in [2.05, 4.69) is 213 Å². The lowest BCUT2D eigenvalue weighted by molar-refractivity contribution is 0.0708. The summed E-state index contributed by atoms with van der Waals surface area (Å²) in [5, 5.41) is 2.65. The zero-order valence-electron chi connectivity index (χ0n) is 36.2. The summed E-state index contributed by atoms with van der Waals surface area (Å²) in [6, 6.07) is 70.8. The molecule has 9 aromatic rings. The number of anilines is 3. The van der Waals surface area contributed by atoms with Gasteiger partial charge in [-0.15, -0.1) is 11.3 Å². The van der Waals surface area contributed by atoms with Crippen molar-refractivity contribution in [3.63, 3.8) is 0 Å². The van der Waals surface area contributed by atoms with Crippen molar-refractivity contribution in [2.45, 2.75) is 51.9 Å². The molecule has 1 aromatic heterocycles. The van der Waals surface area contributed by atoms with Crippen molar-refractivity contribution in [3.05, 3.63) is 200 Å². The molecule has 8 aromatic carbocycles. The fourth-order valence-electron chi connectivity index (χ4n) is 11.4. The Hall–Kier alpha value is -6.42. The molecule has 2 saturated carbocycles. The van der Waals surface area contributed by atoms with Crippen LogP contribution in [0.25, 0.3) is 53.6 Å². The number of hydrogen-bond acceptors (Lipinski definition) is 3. The standard InChI is InChI=1S/C60H53NOS/c1-3-41-37-45-35-40(2)36-46(38-41)59(45)54-34-33-49(39-56(54)62-50-17-8-5-9-18-50)61(47-29-25-43(26-30-47)42-15-6-4-7-16-42)48-31-27-44(28-32-48)51-19-10-11-20-52(51)53-22-14-24-58-60(53)55-21-12-13-23-57(55)63-58/h4-34,39-41,45-46,59H,3,35-38H2,1-2H3/t40?,41?,45-,46+,59?. The molecule has 310 valence electrons. The van der Waals surface area contributed by atoms with Crippen LogP contribution in [0.4, 0.5) is 17.1 Å². The van der Waals surface area contributed by atoms with E-state index in [1.54, 1.807) is 0 Å². The van der Waals surface area contributed by atoms with Crippen LogP contribution in [0.5, 0.6) is 11.5 Å². The van der Waals surface area contributed by atoms with Crippen molar-refractivity contribution >= 4 is 48.6 Å². The Kier molecular flexibility index (Phi) is 10.7. The predicted octanol–water partition coefficient (Wildman–Crippen LogP) is 17.9. The van der Waals surface area contributed by atoms with Crippen LogP contribution in [-0.2, 0) is 0 Å². The molecular formula is C60H53NOS. The second-order valence-electron chi connectivity index (χ2n) is 18.1. The quantitative estimate of drug-likeness (QED) is 0.136. The van der Waals surface area contributed by atoms with Crippen molar-refractivity contribution in [3.8, 4) is 44.9 Å². The predicted molar refractivity (Wildman–Crippen MR) is 268 cm³/mol. The first-order chi connectivity index (χ1) is 31.1.